The molecule has 1 aromatic rings. The van der Waals surface area contributed by atoms with Gasteiger partial charge in [-0.1, -0.05) is 12.1 Å². The van der Waals surface area contributed by atoms with Gasteiger partial charge in [-0.15, -0.1) is 0 Å². The number of rotatable bonds is 8. The highest BCUT2D eigenvalue weighted by Gasteiger charge is 2.24. The Morgan fingerprint density at radius 2 is 1.83 bits per heavy atom. The van der Waals surface area contributed by atoms with Gasteiger partial charge in [0.2, 0.25) is 0 Å². The maximum absolute atomic E-state index is 11.8. The van der Waals surface area contributed by atoms with Gasteiger partial charge in [-0.25, -0.2) is 0 Å². The van der Waals surface area contributed by atoms with Gasteiger partial charge in [-0.05, 0) is 44.9 Å². The molecule has 0 saturated carbocycles. The number of carboxylic acid groups (broad SMARTS) is 1. The number of esters is 1. The van der Waals surface area contributed by atoms with E-state index in [0.717, 1.165) is 11.3 Å². The molecule has 0 fully saturated rings. The maximum atomic E-state index is 11.8. The molecule has 0 unspecified atom stereocenters. The van der Waals surface area contributed by atoms with Crippen molar-refractivity contribution in [3.63, 3.8) is 0 Å². The summed E-state index contributed by atoms with van der Waals surface area (Å²) in [6, 6.07) is 6.43. The van der Waals surface area contributed by atoms with Crippen molar-refractivity contribution in [3.8, 4) is 5.75 Å². The highest BCUT2D eigenvalue weighted by molar-refractivity contribution is 5.75. The average molecular weight is 323 g/mol. The molecule has 1 rings (SSSR count). The minimum Gasteiger partial charge on any atom is -0.497 e. The zero-order valence-corrected chi connectivity index (χ0v) is 14.1. The molecule has 2 N–H and O–H groups in total. The number of hydrogen-bond acceptors (Lipinski definition) is 5. The Kier molecular flexibility index (Phi) is 7.03. The molecular formula is C17H25NO5. The van der Waals surface area contributed by atoms with Gasteiger partial charge in [0, 0.05) is 12.0 Å². The third kappa shape index (κ3) is 7.65. The highest BCUT2D eigenvalue weighted by atomic mass is 16.5. The van der Waals surface area contributed by atoms with Crippen LogP contribution in [0.2, 0.25) is 0 Å². The quantitative estimate of drug-likeness (QED) is 0.714. The first-order valence-corrected chi connectivity index (χ1v) is 7.50. The molecule has 0 bridgehead atoms. The summed E-state index contributed by atoms with van der Waals surface area (Å²) in [5, 5.41) is 12.2. The molecule has 0 spiro atoms. The van der Waals surface area contributed by atoms with Crippen LogP contribution in [0.15, 0.2) is 24.3 Å². The van der Waals surface area contributed by atoms with Crippen molar-refractivity contribution in [2.45, 2.75) is 51.8 Å². The van der Waals surface area contributed by atoms with Crippen LogP contribution in [0.25, 0.3) is 0 Å². The lowest BCUT2D eigenvalue weighted by atomic mass is 10.0. The smallest absolute Gasteiger partial charge is 0.320 e. The number of hydrogen-bond donors (Lipinski definition) is 2. The predicted octanol–water partition coefficient (Wildman–Crippen LogP) is 2.36. The zero-order chi connectivity index (χ0) is 17.5. The molecular weight excluding hydrogens is 298 g/mol. The van der Waals surface area contributed by atoms with Crippen molar-refractivity contribution >= 4 is 11.9 Å². The second-order valence-electron chi connectivity index (χ2n) is 6.33. The van der Waals surface area contributed by atoms with Crippen molar-refractivity contribution in [2.75, 3.05) is 7.11 Å². The van der Waals surface area contributed by atoms with E-state index < -0.39 is 18.0 Å². The van der Waals surface area contributed by atoms with Crippen LogP contribution < -0.4 is 10.1 Å². The zero-order valence-electron chi connectivity index (χ0n) is 14.1. The van der Waals surface area contributed by atoms with Crippen molar-refractivity contribution in [3.05, 3.63) is 29.8 Å². The molecule has 23 heavy (non-hydrogen) atoms. The van der Waals surface area contributed by atoms with Crippen LogP contribution in [0.5, 0.6) is 5.75 Å². The first-order valence-electron chi connectivity index (χ1n) is 7.50. The van der Waals surface area contributed by atoms with Gasteiger partial charge in [0.05, 0.1) is 7.11 Å². The molecule has 0 radical (unpaired) electrons. The lowest BCUT2D eigenvalue weighted by molar-refractivity contribution is -0.146. The van der Waals surface area contributed by atoms with Gasteiger partial charge >= 0.3 is 11.9 Å². The van der Waals surface area contributed by atoms with Crippen LogP contribution in [0.4, 0.5) is 0 Å². The van der Waals surface area contributed by atoms with Crippen molar-refractivity contribution in [1.29, 1.82) is 0 Å². The van der Waals surface area contributed by atoms with E-state index in [1.54, 1.807) is 19.2 Å². The van der Waals surface area contributed by atoms with E-state index in [1.807, 2.05) is 32.9 Å². The summed E-state index contributed by atoms with van der Waals surface area (Å²) in [6.07, 6.45) is 0.240. The van der Waals surface area contributed by atoms with Crippen LogP contribution in [0.1, 0.15) is 39.2 Å². The summed E-state index contributed by atoms with van der Waals surface area (Å²) in [5.74, 6) is -0.650. The third-order valence-corrected chi connectivity index (χ3v) is 3.10. The first kappa shape index (κ1) is 19.0. The maximum Gasteiger partial charge on any atom is 0.320 e. The Morgan fingerprint density at radius 1 is 1.22 bits per heavy atom. The molecule has 6 heteroatoms. The van der Waals surface area contributed by atoms with Crippen molar-refractivity contribution < 1.29 is 24.2 Å². The van der Waals surface area contributed by atoms with Gasteiger partial charge in [-0.2, -0.15) is 0 Å². The Balaban J connectivity index is 2.41. The summed E-state index contributed by atoms with van der Waals surface area (Å²) in [4.78, 5) is 23.0. The van der Waals surface area contributed by atoms with E-state index in [4.69, 9.17) is 9.47 Å². The number of carboxylic acids is 1. The number of benzene rings is 1. The molecule has 128 valence electrons. The molecule has 0 aliphatic heterocycles. The van der Waals surface area contributed by atoms with Crippen LogP contribution >= 0.6 is 0 Å². The number of aliphatic carboxylic acids is 1. The molecule has 0 amide bonds. The van der Waals surface area contributed by atoms with Gasteiger partial charge in [-0.3, -0.25) is 14.9 Å². The normalized spacial score (nSPS) is 12.5. The Hall–Kier alpha value is -2.08. The fraction of sp³-hybridized carbons (Fsp3) is 0.529. The lowest BCUT2D eigenvalue weighted by Crippen LogP contribution is -2.47. The van der Waals surface area contributed by atoms with Crippen LogP contribution in [-0.2, 0) is 20.9 Å². The fourth-order valence-electron chi connectivity index (χ4n) is 2.00. The van der Waals surface area contributed by atoms with E-state index in [0.29, 0.717) is 0 Å². The second-order valence-corrected chi connectivity index (χ2v) is 6.33. The summed E-state index contributed by atoms with van der Waals surface area (Å²) in [5.41, 5.74) is 0.512. The molecule has 1 aromatic carbocycles. The molecule has 1 atom stereocenters. The van der Waals surface area contributed by atoms with E-state index in [9.17, 15) is 14.7 Å². The second kappa shape index (κ2) is 8.53. The van der Waals surface area contributed by atoms with Gasteiger partial charge in [0.15, 0.2) is 0 Å². The van der Waals surface area contributed by atoms with Crippen LogP contribution in [-0.4, -0.2) is 35.7 Å². The summed E-state index contributed by atoms with van der Waals surface area (Å²) >= 11 is 0. The largest absolute Gasteiger partial charge is 0.497 e. The van der Waals surface area contributed by atoms with Gasteiger partial charge in [0.25, 0.3) is 0 Å². The van der Waals surface area contributed by atoms with Crippen LogP contribution in [0, 0.1) is 0 Å². The molecule has 0 aliphatic carbocycles. The summed E-state index contributed by atoms with van der Waals surface area (Å²) in [7, 11) is 1.58. The van der Waals surface area contributed by atoms with E-state index in [1.165, 1.54) is 0 Å². The van der Waals surface area contributed by atoms with Gasteiger partial charge < -0.3 is 14.6 Å². The van der Waals surface area contributed by atoms with Crippen molar-refractivity contribution in [1.82, 2.24) is 5.32 Å². The monoisotopic (exact) mass is 323 g/mol. The minimum absolute atomic E-state index is 0.0518. The molecule has 0 aliphatic rings. The average Bonchev–Trinajstić information content (AvgIpc) is 2.48. The minimum atomic E-state index is -0.970. The SMILES string of the molecule is COc1ccc(COC(=O)CC[C@H](NC(C)(C)C)C(=O)O)cc1. The number of methoxy groups -OCH3 is 1. The van der Waals surface area contributed by atoms with Gasteiger partial charge in [0.1, 0.15) is 18.4 Å². The molecule has 6 nitrogen and oxygen atoms in total. The number of ether oxygens (including phenoxy) is 2. The Labute approximate surface area is 136 Å². The standard InChI is InChI=1S/C17H25NO5/c1-17(2,3)18-14(16(20)21)9-10-15(19)23-11-12-5-7-13(22-4)8-6-12/h5-8,14,18H,9-11H2,1-4H3,(H,20,21)/t14-/m0/s1. The Morgan fingerprint density at radius 3 is 2.30 bits per heavy atom. The molecule has 0 heterocycles. The third-order valence-electron chi connectivity index (χ3n) is 3.10. The van der Waals surface area contributed by atoms with E-state index in [2.05, 4.69) is 5.32 Å². The number of carbonyl (C=O) groups is 2. The fourth-order valence-corrected chi connectivity index (χ4v) is 2.00. The topological polar surface area (TPSA) is 84.9 Å². The Bertz CT molecular complexity index is 519. The molecule has 0 aromatic heterocycles. The molecule has 0 saturated heterocycles. The number of carbonyl (C=O) groups excluding carboxylic acids is 1. The first-order chi connectivity index (χ1) is 10.7. The predicted molar refractivity (Wildman–Crippen MR) is 86.3 cm³/mol. The van der Waals surface area contributed by atoms with E-state index in [-0.39, 0.29) is 25.0 Å². The van der Waals surface area contributed by atoms with E-state index >= 15 is 0 Å². The van der Waals surface area contributed by atoms with Crippen molar-refractivity contribution in [2.24, 2.45) is 0 Å². The lowest BCUT2D eigenvalue weighted by Gasteiger charge is -2.25. The highest BCUT2D eigenvalue weighted by Crippen LogP contribution is 2.13. The summed E-state index contributed by atoms with van der Waals surface area (Å²) < 4.78 is 10.2. The van der Waals surface area contributed by atoms with Crippen LogP contribution in [0.3, 0.4) is 0 Å². The number of nitrogens with one attached hydrogen (secondary N) is 1. The summed E-state index contributed by atoms with van der Waals surface area (Å²) in [6.45, 7) is 5.80.